The standard InChI is InChI=1S/C17H8F6N2O2/c18-16(19,20)8-5-9(17(21,22)23)7-10(6-8)24-25-13-14(26)11-3-1-2-4-12(11)15(13)27/h1-7,24H. The molecular formula is C17H8F6N2O2. The van der Waals surface area contributed by atoms with Gasteiger partial charge >= 0.3 is 12.4 Å². The summed E-state index contributed by atoms with van der Waals surface area (Å²) in [4.78, 5) is 24.3. The molecule has 0 heterocycles. The number of anilines is 1. The minimum Gasteiger partial charge on any atom is -0.287 e. The van der Waals surface area contributed by atoms with E-state index in [2.05, 4.69) is 5.10 Å². The average Bonchev–Trinajstić information content (AvgIpc) is 2.83. The highest BCUT2D eigenvalue weighted by Gasteiger charge is 2.36. The molecule has 0 bridgehead atoms. The van der Waals surface area contributed by atoms with Gasteiger partial charge in [-0.15, -0.1) is 0 Å². The zero-order valence-corrected chi connectivity index (χ0v) is 13.1. The van der Waals surface area contributed by atoms with Crippen LogP contribution in [0, 0.1) is 0 Å². The van der Waals surface area contributed by atoms with Crippen LogP contribution in [0.4, 0.5) is 32.0 Å². The van der Waals surface area contributed by atoms with Gasteiger partial charge in [-0.25, -0.2) is 0 Å². The third-order valence-electron chi connectivity index (χ3n) is 3.73. The van der Waals surface area contributed by atoms with E-state index in [0.29, 0.717) is 12.1 Å². The van der Waals surface area contributed by atoms with Crippen LogP contribution in [0.1, 0.15) is 11.1 Å². The highest BCUT2D eigenvalue weighted by atomic mass is 19.4. The molecule has 0 saturated heterocycles. The van der Waals surface area contributed by atoms with E-state index >= 15 is 0 Å². The lowest BCUT2D eigenvalue weighted by atomic mass is 10.1. The Balaban J connectivity index is 2.13. The van der Waals surface area contributed by atoms with Gasteiger partial charge in [0.1, 0.15) is 0 Å². The number of nitrogens with one attached hydrogen (secondary N) is 1. The van der Waals surface area contributed by atoms with Gasteiger partial charge in [-0.3, -0.25) is 15.0 Å². The van der Waals surface area contributed by atoms with Gasteiger partial charge < -0.3 is 0 Å². The molecule has 140 valence electrons. The van der Waals surface area contributed by atoms with Crippen molar-refractivity contribution in [1.29, 1.82) is 0 Å². The molecule has 0 fully saturated rings. The first-order chi connectivity index (χ1) is 12.5. The fourth-order valence-corrected chi connectivity index (χ4v) is 2.48. The second-order valence-electron chi connectivity index (χ2n) is 5.57. The molecule has 0 aliphatic carbocycles. The van der Waals surface area contributed by atoms with Gasteiger partial charge in [0.25, 0.3) is 0 Å². The maximum absolute atomic E-state index is 12.8. The summed E-state index contributed by atoms with van der Waals surface area (Å²) in [6, 6.07) is 6.49. The fourth-order valence-electron chi connectivity index (χ4n) is 2.48. The lowest BCUT2D eigenvalue weighted by molar-refractivity contribution is -0.143. The van der Waals surface area contributed by atoms with E-state index in [1.165, 1.54) is 24.3 Å². The third-order valence-corrected chi connectivity index (χ3v) is 3.73. The molecule has 4 nitrogen and oxygen atoms in total. The minimum absolute atomic E-state index is 0.0416. The quantitative estimate of drug-likeness (QED) is 0.543. The van der Waals surface area contributed by atoms with Crippen LogP contribution in [-0.4, -0.2) is 0 Å². The van der Waals surface area contributed by atoms with E-state index in [1.54, 1.807) is 0 Å². The van der Waals surface area contributed by atoms with Gasteiger partial charge in [0, 0.05) is 10.8 Å². The smallest absolute Gasteiger partial charge is 0.287 e. The lowest BCUT2D eigenvalue weighted by Crippen LogP contribution is -2.32. The molecule has 10 heteroatoms. The molecule has 0 atom stereocenters. The Morgan fingerprint density at radius 3 is 1.59 bits per heavy atom. The zero-order valence-electron chi connectivity index (χ0n) is 13.1. The van der Waals surface area contributed by atoms with Gasteiger partial charge in [0.2, 0.25) is 10.9 Å². The maximum Gasteiger partial charge on any atom is 0.416 e. The number of nitrogens with zero attached hydrogens (tertiary/aromatic N) is 1. The number of rotatable bonds is 2. The number of hydrogen-bond donors (Lipinski definition) is 1. The zero-order chi connectivity index (χ0) is 20.0. The lowest BCUT2D eigenvalue weighted by Gasteiger charge is -2.13. The first kappa shape index (κ1) is 18.6. The Morgan fingerprint density at radius 2 is 1.19 bits per heavy atom. The van der Waals surface area contributed by atoms with Crippen molar-refractivity contribution in [3.8, 4) is 0 Å². The Kier molecular flexibility index (Phi) is 4.29. The van der Waals surface area contributed by atoms with E-state index in [-0.39, 0.29) is 16.8 Å². The number of alkyl halides is 6. The SMILES string of the molecule is O=c1c(=NNc2cc(C(F)(F)F)cc(C(F)(F)F)c2)c(=O)c2ccccc12. The summed E-state index contributed by atoms with van der Waals surface area (Å²) in [5, 5.41) is 2.94. The van der Waals surface area contributed by atoms with E-state index in [1.807, 2.05) is 5.43 Å². The van der Waals surface area contributed by atoms with Crippen LogP contribution in [-0.2, 0) is 12.4 Å². The number of fused-ring (bicyclic) bond motifs is 1. The van der Waals surface area contributed by atoms with E-state index < -0.39 is 45.4 Å². The molecule has 0 aromatic heterocycles. The predicted octanol–water partition coefficient (Wildman–Crippen LogP) is 3.40. The van der Waals surface area contributed by atoms with Crippen LogP contribution in [0.15, 0.2) is 57.2 Å². The molecule has 27 heavy (non-hydrogen) atoms. The van der Waals surface area contributed by atoms with Crippen LogP contribution >= 0.6 is 0 Å². The van der Waals surface area contributed by atoms with E-state index in [0.717, 1.165) is 0 Å². The van der Waals surface area contributed by atoms with E-state index in [9.17, 15) is 35.9 Å². The Morgan fingerprint density at radius 1 is 0.741 bits per heavy atom. The molecule has 3 aromatic rings. The monoisotopic (exact) mass is 386 g/mol. The predicted molar refractivity (Wildman–Crippen MR) is 84.5 cm³/mol. The van der Waals surface area contributed by atoms with Crippen molar-refractivity contribution < 1.29 is 26.3 Å². The van der Waals surface area contributed by atoms with Gasteiger partial charge in [-0.1, -0.05) is 24.3 Å². The van der Waals surface area contributed by atoms with Crippen molar-refractivity contribution >= 4 is 16.5 Å². The highest BCUT2D eigenvalue weighted by Crippen LogP contribution is 2.37. The Hall–Kier alpha value is -3.17. The molecule has 1 N–H and O–H groups in total. The van der Waals surface area contributed by atoms with Gasteiger partial charge in [-0.2, -0.15) is 31.4 Å². The summed E-state index contributed by atoms with van der Waals surface area (Å²) in [6.07, 6.45) is -10.1. The van der Waals surface area contributed by atoms with Gasteiger partial charge in [0.05, 0.1) is 16.8 Å². The first-order valence-electron chi connectivity index (χ1n) is 7.30. The van der Waals surface area contributed by atoms with Gasteiger partial charge in [0.15, 0.2) is 5.36 Å². The Bertz CT molecular complexity index is 1090. The molecule has 0 radical (unpaired) electrons. The number of hydrogen-bond acceptors (Lipinski definition) is 4. The normalized spacial score (nSPS) is 12.4. The highest BCUT2D eigenvalue weighted by molar-refractivity contribution is 5.83. The largest absolute Gasteiger partial charge is 0.416 e. The summed E-state index contributed by atoms with van der Waals surface area (Å²) < 4.78 is 77.0. The molecule has 0 amide bonds. The van der Waals surface area contributed by atoms with Crippen molar-refractivity contribution in [3.05, 3.63) is 79.4 Å². The second-order valence-corrected chi connectivity index (χ2v) is 5.57. The molecule has 0 spiro atoms. The van der Waals surface area contributed by atoms with Crippen LogP contribution in [0.25, 0.3) is 10.8 Å². The number of benzene rings is 2. The molecular weight excluding hydrogens is 378 g/mol. The van der Waals surface area contributed by atoms with Crippen LogP contribution in [0.5, 0.6) is 0 Å². The Labute approximate surface area is 146 Å². The third kappa shape index (κ3) is 3.55. The van der Waals surface area contributed by atoms with Crippen molar-refractivity contribution in [2.75, 3.05) is 5.43 Å². The molecule has 3 rings (SSSR count). The van der Waals surface area contributed by atoms with Crippen molar-refractivity contribution in [2.45, 2.75) is 12.4 Å². The summed E-state index contributed by atoms with van der Waals surface area (Å²) in [7, 11) is 0. The molecule has 0 unspecified atom stereocenters. The molecule has 0 aliphatic rings. The minimum atomic E-state index is -5.03. The van der Waals surface area contributed by atoms with Crippen LogP contribution in [0.2, 0.25) is 0 Å². The summed E-state index contributed by atoms with van der Waals surface area (Å²) >= 11 is 0. The van der Waals surface area contributed by atoms with Crippen molar-refractivity contribution in [1.82, 2.24) is 0 Å². The van der Waals surface area contributed by atoms with Crippen molar-refractivity contribution in [2.24, 2.45) is 5.10 Å². The average molecular weight is 386 g/mol. The maximum atomic E-state index is 12.8. The van der Waals surface area contributed by atoms with Crippen LogP contribution < -0.4 is 21.6 Å². The summed E-state index contributed by atoms with van der Waals surface area (Å²) in [5.41, 5.74) is -3.35. The van der Waals surface area contributed by atoms with Gasteiger partial charge in [-0.05, 0) is 18.2 Å². The molecule has 0 aliphatic heterocycles. The van der Waals surface area contributed by atoms with Crippen LogP contribution in [0.3, 0.4) is 0 Å². The van der Waals surface area contributed by atoms with Crippen molar-refractivity contribution in [3.63, 3.8) is 0 Å². The summed E-state index contributed by atoms with van der Waals surface area (Å²) in [6.45, 7) is 0. The first-order valence-corrected chi connectivity index (χ1v) is 7.30. The molecule has 0 saturated carbocycles. The van der Waals surface area contributed by atoms with E-state index in [4.69, 9.17) is 0 Å². The molecule has 3 aromatic carbocycles. The number of halogens is 6. The summed E-state index contributed by atoms with van der Waals surface area (Å²) in [5.74, 6) is 0. The fraction of sp³-hybridized carbons (Fsp3) is 0.118. The topological polar surface area (TPSA) is 58.5 Å². The second kappa shape index (κ2) is 6.22.